The van der Waals surface area contributed by atoms with E-state index in [1.807, 2.05) is 32.0 Å². The van der Waals surface area contributed by atoms with Gasteiger partial charge in [-0.15, -0.1) is 0 Å². The van der Waals surface area contributed by atoms with Crippen LogP contribution in [-0.2, 0) is 16.1 Å². The second-order valence-corrected chi connectivity index (χ2v) is 6.49. The summed E-state index contributed by atoms with van der Waals surface area (Å²) in [5.41, 5.74) is 1.58. The molecule has 0 radical (unpaired) electrons. The van der Waals surface area contributed by atoms with Crippen LogP contribution in [0.3, 0.4) is 0 Å². The van der Waals surface area contributed by atoms with Crippen LogP contribution >= 0.6 is 0 Å². The van der Waals surface area contributed by atoms with Gasteiger partial charge in [-0.3, -0.25) is 9.59 Å². The summed E-state index contributed by atoms with van der Waals surface area (Å²) in [4.78, 5) is 30.7. The fourth-order valence-electron chi connectivity index (χ4n) is 3.17. The van der Waals surface area contributed by atoms with Crippen molar-refractivity contribution in [1.29, 1.82) is 0 Å². The third-order valence-electron chi connectivity index (χ3n) is 4.50. The standard InChI is InChI=1S/C20H30N4O3/c1-4-22-20(24-11-7-10-17(14-24)19(26)27-5-2)23-13-15-8-6-9-16(12-15)18(25)21-3/h6,8-9,12,17H,4-5,7,10-11,13-14H2,1-3H3,(H,21,25)(H,22,23). The van der Waals surface area contributed by atoms with E-state index in [0.29, 0.717) is 25.3 Å². The first kappa shape index (κ1) is 20.7. The third kappa shape index (κ3) is 5.98. The highest BCUT2D eigenvalue weighted by Gasteiger charge is 2.28. The van der Waals surface area contributed by atoms with Crippen LogP contribution in [0, 0.1) is 5.92 Å². The van der Waals surface area contributed by atoms with E-state index < -0.39 is 0 Å². The number of rotatable bonds is 6. The quantitative estimate of drug-likeness (QED) is 0.451. The molecule has 1 aromatic carbocycles. The molecule has 1 unspecified atom stereocenters. The van der Waals surface area contributed by atoms with Gasteiger partial charge in [0.1, 0.15) is 0 Å². The number of amides is 1. The minimum atomic E-state index is -0.128. The lowest BCUT2D eigenvalue weighted by Gasteiger charge is -2.34. The molecule has 1 aliphatic rings. The molecule has 1 heterocycles. The number of piperidine rings is 1. The van der Waals surface area contributed by atoms with Gasteiger partial charge in [0.15, 0.2) is 5.96 Å². The first-order chi connectivity index (χ1) is 13.1. The third-order valence-corrected chi connectivity index (χ3v) is 4.50. The molecular formula is C20H30N4O3. The van der Waals surface area contributed by atoms with Crippen LogP contribution in [0.15, 0.2) is 29.3 Å². The minimum Gasteiger partial charge on any atom is -0.466 e. The van der Waals surface area contributed by atoms with Crippen molar-refractivity contribution < 1.29 is 14.3 Å². The number of carbonyl (C=O) groups excluding carboxylic acids is 2. The fourth-order valence-corrected chi connectivity index (χ4v) is 3.17. The molecule has 0 aromatic heterocycles. The van der Waals surface area contributed by atoms with Crippen molar-refractivity contribution >= 4 is 17.8 Å². The summed E-state index contributed by atoms with van der Waals surface area (Å²) in [6.45, 7) is 6.95. The Balaban J connectivity index is 2.09. The molecule has 1 fully saturated rings. The van der Waals surface area contributed by atoms with E-state index in [-0.39, 0.29) is 17.8 Å². The molecule has 2 N–H and O–H groups in total. The molecule has 1 saturated heterocycles. The topological polar surface area (TPSA) is 83.0 Å². The highest BCUT2D eigenvalue weighted by Crippen LogP contribution is 2.18. The van der Waals surface area contributed by atoms with Gasteiger partial charge in [0.2, 0.25) is 0 Å². The first-order valence-electron chi connectivity index (χ1n) is 9.59. The van der Waals surface area contributed by atoms with Crippen LogP contribution in [0.25, 0.3) is 0 Å². The van der Waals surface area contributed by atoms with Crippen LogP contribution in [0.4, 0.5) is 0 Å². The van der Waals surface area contributed by atoms with Crippen molar-refractivity contribution in [3.63, 3.8) is 0 Å². The molecule has 1 atom stereocenters. The summed E-state index contributed by atoms with van der Waals surface area (Å²) in [6.07, 6.45) is 1.78. The predicted octanol–water partition coefficient (Wildman–Crippen LogP) is 1.79. The van der Waals surface area contributed by atoms with E-state index in [2.05, 4.69) is 15.5 Å². The second kappa shape index (κ2) is 10.5. The van der Waals surface area contributed by atoms with Gasteiger partial charge in [0, 0.05) is 32.2 Å². The fraction of sp³-hybridized carbons (Fsp3) is 0.550. The Morgan fingerprint density at radius 3 is 2.85 bits per heavy atom. The average Bonchev–Trinajstić information content (AvgIpc) is 2.71. The molecule has 0 aliphatic carbocycles. The van der Waals surface area contributed by atoms with Gasteiger partial charge in [0.25, 0.3) is 5.91 Å². The van der Waals surface area contributed by atoms with E-state index >= 15 is 0 Å². The lowest BCUT2D eigenvalue weighted by Crippen LogP contribution is -2.48. The van der Waals surface area contributed by atoms with Gasteiger partial charge >= 0.3 is 5.97 Å². The van der Waals surface area contributed by atoms with Crippen molar-refractivity contribution in [3.8, 4) is 0 Å². The van der Waals surface area contributed by atoms with Gasteiger partial charge in [0.05, 0.1) is 19.1 Å². The number of hydrogen-bond acceptors (Lipinski definition) is 4. The lowest BCUT2D eigenvalue weighted by molar-refractivity contribution is -0.149. The SMILES string of the molecule is CCNC(=NCc1cccc(C(=O)NC)c1)N1CCCC(C(=O)OCC)C1. The summed E-state index contributed by atoms with van der Waals surface area (Å²) in [6, 6.07) is 7.45. The maximum Gasteiger partial charge on any atom is 0.310 e. The number of carbonyl (C=O) groups is 2. The zero-order chi connectivity index (χ0) is 19.6. The molecule has 2 rings (SSSR count). The summed E-state index contributed by atoms with van der Waals surface area (Å²) in [5, 5.41) is 5.94. The number of benzene rings is 1. The van der Waals surface area contributed by atoms with Gasteiger partial charge in [-0.05, 0) is 44.4 Å². The van der Waals surface area contributed by atoms with Gasteiger partial charge in [-0.1, -0.05) is 12.1 Å². The van der Waals surface area contributed by atoms with Crippen molar-refractivity contribution in [3.05, 3.63) is 35.4 Å². The number of likely N-dealkylation sites (tertiary alicyclic amines) is 1. The number of esters is 1. The Morgan fingerprint density at radius 1 is 1.33 bits per heavy atom. The largest absolute Gasteiger partial charge is 0.466 e. The van der Waals surface area contributed by atoms with Crippen molar-refractivity contribution in [2.75, 3.05) is 33.3 Å². The molecule has 7 heteroatoms. The van der Waals surface area contributed by atoms with Gasteiger partial charge in [-0.2, -0.15) is 0 Å². The van der Waals surface area contributed by atoms with Crippen molar-refractivity contribution in [1.82, 2.24) is 15.5 Å². The van der Waals surface area contributed by atoms with Crippen molar-refractivity contribution in [2.45, 2.75) is 33.2 Å². The van der Waals surface area contributed by atoms with E-state index in [0.717, 1.165) is 37.5 Å². The number of ether oxygens (including phenoxy) is 1. The molecule has 27 heavy (non-hydrogen) atoms. The number of aliphatic imine (C=N–C) groups is 1. The highest BCUT2D eigenvalue weighted by molar-refractivity contribution is 5.94. The predicted molar refractivity (Wildman–Crippen MR) is 106 cm³/mol. The molecule has 0 saturated carbocycles. The maximum absolute atomic E-state index is 12.1. The van der Waals surface area contributed by atoms with Crippen LogP contribution in [-0.4, -0.2) is 56.0 Å². The molecule has 1 aliphatic heterocycles. The number of guanidine groups is 1. The zero-order valence-electron chi connectivity index (χ0n) is 16.5. The van der Waals surface area contributed by atoms with Crippen molar-refractivity contribution in [2.24, 2.45) is 10.9 Å². The summed E-state index contributed by atoms with van der Waals surface area (Å²) < 4.78 is 5.18. The minimum absolute atomic E-state index is 0.110. The second-order valence-electron chi connectivity index (χ2n) is 6.49. The van der Waals surface area contributed by atoms with E-state index in [1.54, 1.807) is 13.1 Å². The normalized spacial score (nSPS) is 17.4. The number of hydrogen-bond donors (Lipinski definition) is 2. The monoisotopic (exact) mass is 374 g/mol. The zero-order valence-corrected chi connectivity index (χ0v) is 16.5. The maximum atomic E-state index is 12.1. The number of nitrogens with one attached hydrogen (secondary N) is 2. The van der Waals surface area contributed by atoms with Gasteiger partial charge in [-0.25, -0.2) is 4.99 Å². The molecule has 7 nitrogen and oxygen atoms in total. The Kier molecular flexibility index (Phi) is 8.10. The molecular weight excluding hydrogens is 344 g/mol. The van der Waals surface area contributed by atoms with Crippen LogP contribution in [0.2, 0.25) is 0 Å². The van der Waals surface area contributed by atoms with Crippen LogP contribution < -0.4 is 10.6 Å². The van der Waals surface area contributed by atoms with Gasteiger partial charge < -0.3 is 20.3 Å². The number of nitrogens with zero attached hydrogens (tertiary/aromatic N) is 2. The molecule has 0 spiro atoms. The van der Waals surface area contributed by atoms with E-state index in [1.165, 1.54) is 0 Å². The smallest absolute Gasteiger partial charge is 0.310 e. The Bertz CT molecular complexity index is 675. The highest BCUT2D eigenvalue weighted by atomic mass is 16.5. The molecule has 148 valence electrons. The van der Waals surface area contributed by atoms with E-state index in [4.69, 9.17) is 9.73 Å². The van der Waals surface area contributed by atoms with Crippen LogP contribution in [0.1, 0.15) is 42.6 Å². The molecule has 1 amide bonds. The Hall–Kier alpha value is -2.57. The lowest BCUT2D eigenvalue weighted by atomic mass is 9.98. The average molecular weight is 374 g/mol. The van der Waals surface area contributed by atoms with E-state index in [9.17, 15) is 9.59 Å². The summed E-state index contributed by atoms with van der Waals surface area (Å²) in [7, 11) is 1.62. The van der Waals surface area contributed by atoms with Crippen LogP contribution in [0.5, 0.6) is 0 Å². The summed E-state index contributed by atoms with van der Waals surface area (Å²) in [5.74, 6) is 0.438. The molecule has 0 bridgehead atoms. The molecule has 1 aromatic rings. The first-order valence-corrected chi connectivity index (χ1v) is 9.59. The Morgan fingerprint density at radius 2 is 2.15 bits per heavy atom. The Labute approximate surface area is 161 Å². The summed E-state index contributed by atoms with van der Waals surface area (Å²) >= 11 is 0.